The van der Waals surface area contributed by atoms with Crippen molar-refractivity contribution in [3.8, 4) is 11.4 Å². The highest BCUT2D eigenvalue weighted by Crippen LogP contribution is 2.26. The molecule has 0 aromatic carbocycles. The van der Waals surface area contributed by atoms with Crippen molar-refractivity contribution >= 4 is 17.7 Å². The molecular weight excluding hydrogens is 298 g/mol. The van der Waals surface area contributed by atoms with Crippen LogP contribution in [0.2, 0.25) is 0 Å². The first-order valence-corrected chi connectivity index (χ1v) is 8.33. The van der Waals surface area contributed by atoms with Crippen LogP contribution in [0.1, 0.15) is 27.2 Å². The summed E-state index contributed by atoms with van der Waals surface area (Å²) in [7, 11) is 0. The summed E-state index contributed by atoms with van der Waals surface area (Å²) in [4.78, 5) is 16.0. The molecule has 0 spiro atoms. The number of aromatic nitrogens is 4. The van der Waals surface area contributed by atoms with Gasteiger partial charge in [-0.3, -0.25) is 9.78 Å². The van der Waals surface area contributed by atoms with E-state index in [0.29, 0.717) is 6.54 Å². The van der Waals surface area contributed by atoms with Gasteiger partial charge in [0.1, 0.15) is 0 Å². The Hall–Kier alpha value is -1.89. The van der Waals surface area contributed by atoms with E-state index >= 15 is 0 Å². The quantitative estimate of drug-likeness (QED) is 0.793. The predicted molar refractivity (Wildman–Crippen MR) is 87.5 cm³/mol. The average Bonchev–Trinajstić information content (AvgIpc) is 2.95. The second-order valence-electron chi connectivity index (χ2n) is 4.84. The highest BCUT2D eigenvalue weighted by Gasteiger charge is 2.19. The van der Waals surface area contributed by atoms with Crippen LogP contribution in [-0.4, -0.2) is 37.5 Å². The molecule has 6 nitrogen and oxygen atoms in total. The minimum Gasteiger partial charge on any atom is -0.355 e. The summed E-state index contributed by atoms with van der Waals surface area (Å²) in [5, 5.41) is 12.0. The maximum atomic E-state index is 12.0. The highest BCUT2D eigenvalue weighted by molar-refractivity contribution is 8.00. The molecule has 2 heterocycles. The Kier molecular flexibility index (Phi) is 5.94. The van der Waals surface area contributed by atoms with Gasteiger partial charge >= 0.3 is 0 Å². The number of hydrogen-bond donors (Lipinski definition) is 1. The predicted octanol–water partition coefficient (Wildman–Crippen LogP) is 2.37. The van der Waals surface area contributed by atoms with Gasteiger partial charge in [0.15, 0.2) is 11.0 Å². The smallest absolute Gasteiger partial charge is 0.233 e. The van der Waals surface area contributed by atoms with Crippen molar-refractivity contribution < 1.29 is 4.79 Å². The molecule has 2 aromatic rings. The van der Waals surface area contributed by atoms with Crippen LogP contribution in [0.15, 0.2) is 29.7 Å². The number of hydrogen-bond acceptors (Lipinski definition) is 5. The van der Waals surface area contributed by atoms with E-state index in [-0.39, 0.29) is 11.2 Å². The van der Waals surface area contributed by atoms with E-state index in [9.17, 15) is 4.79 Å². The van der Waals surface area contributed by atoms with Gasteiger partial charge in [0, 0.05) is 31.0 Å². The Bertz CT molecular complexity index is 614. The normalized spacial score (nSPS) is 12.1. The van der Waals surface area contributed by atoms with Crippen molar-refractivity contribution in [1.82, 2.24) is 25.1 Å². The lowest BCUT2D eigenvalue weighted by Gasteiger charge is -2.12. The van der Waals surface area contributed by atoms with Crippen LogP contribution in [0.25, 0.3) is 11.4 Å². The molecule has 1 atom stereocenters. The molecule has 1 N–H and O–H groups in total. The summed E-state index contributed by atoms with van der Waals surface area (Å²) in [5.41, 5.74) is 0.972. The fraction of sp³-hybridized carbons (Fsp3) is 0.467. The third-order valence-electron chi connectivity index (χ3n) is 3.17. The molecule has 0 radical (unpaired) electrons. The molecule has 0 unspecified atom stereocenters. The van der Waals surface area contributed by atoms with Gasteiger partial charge in [-0.2, -0.15) is 0 Å². The molecule has 0 bridgehead atoms. The van der Waals surface area contributed by atoms with Crippen LogP contribution in [-0.2, 0) is 11.3 Å². The van der Waals surface area contributed by atoms with Gasteiger partial charge in [-0.05, 0) is 32.4 Å². The molecule has 0 fully saturated rings. The second kappa shape index (κ2) is 7.93. The molecule has 2 aromatic heterocycles. The molecule has 0 saturated heterocycles. The van der Waals surface area contributed by atoms with Gasteiger partial charge in [0.05, 0.1) is 5.25 Å². The third kappa shape index (κ3) is 3.85. The van der Waals surface area contributed by atoms with Gasteiger partial charge in [0.25, 0.3) is 0 Å². The number of carbonyl (C=O) groups excluding carboxylic acids is 1. The Morgan fingerprint density at radius 2 is 2.05 bits per heavy atom. The summed E-state index contributed by atoms with van der Waals surface area (Å²) in [6.07, 6.45) is 4.40. The lowest BCUT2D eigenvalue weighted by atomic mass is 10.2. The topological polar surface area (TPSA) is 72.7 Å². The zero-order valence-corrected chi connectivity index (χ0v) is 13.9. The highest BCUT2D eigenvalue weighted by atomic mass is 32.2. The molecular formula is C15H21N5OS. The zero-order valence-electron chi connectivity index (χ0n) is 13.1. The van der Waals surface area contributed by atoms with Crippen LogP contribution in [0.3, 0.4) is 0 Å². The minimum absolute atomic E-state index is 0.0305. The van der Waals surface area contributed by atoms with E-state index in [0.717, 1.165) is 29.5 Å². The first-order chi connectivity index (χ1) is 10.7. The van der Waals surface area contributed by atoms with Crippen LogP contribution < -0.4 is 5.32 Å². The molecule has 0 aliphatic heterocycles. The van der Waals surface area contributed by atoms with Crippen molar-refractivity contribution in [3.05, 3.63) is 24.5 Å². The van der Waals surface area contributed by atoms with Gasteiger partial charge in [-0.25, -0.2) is 0 Å². The number of carbonyl (C=O) groups is 1. The number of amides is 1. The van der Waals surface area contributed by atoms with Crippen molar-refractivity contribution in [2.45, 2.75) is 44.1 Å². The maximum absolute atomic E-state index is 12.0. The molecule has 2 rings (SSSR count). The Morgan fingerprint density at radius 3 is 2.68 bits per heavy atom. The number of pyridine rings is 1. The first-order valence-electron chi connectivity index (χ1n) is 7.45. The molecule has 1 amide bonds. The second-order valence-corrected chi connectivity index (χ2v) is 6.15. The number of nitrogens with zero attached hydrogens (tertiary/aromatic N) is 4. The molecule has 0 aliphatic rings. The lowest BCUT2D eigenvalue weighted by molar-refractivity contribution is -0.120. The van der Waals surface area contributed by atoms with Gasteiger partial charge in [0.2, 0.25) is 5.91 Å². The van der Waals surface area contributed by atoms with Crippen LogP contribution in [0.5, 0.6) is 0 Å². The molecule has 0 saturated carbocycles. The number of nitrogens with one attached hydrogen (secondary N) is 1. The van der Waals surface area contributed by atoms with Gasteiger partial charge in [-0.15, -0.1) is 10.2 Å². The number of thioether (sulfide) groups is 1. The summed E-state index contributed by atoms with van der Waals surface area (Å²) in [6.45, 7) is 7.41. The Labute approximate surface area is 134 Å². The molecule has 7 heteroatoms. The van der Waals surface area contributed by atoms with E-state index in [4.69, 9.17) is 0 Å². The summed E-state index contributed by atoms with van der Waals surface area (Å²) in [6, 6.07) is 3.81. The fourth-order valence-corrected chi connectivity index (χ4v) is 2.92. The lowest BCUT2D eigenvalue weighted by Crippen LogP contribution is -2.31. The monoisotopic (exact) mass is 319 g/mol. The standard InChI is InChI=1S/C15H21N5OS/c1-4-8-17-14(21)11(3)22-15-19-18-13(20(15)5-2)12-6-9-16-10-7-12/h6-7,9-11H,4-5,8H2,1-3H3,(H,17,21)/t11-/m1/s1. The van der Waals surface area contributed by atoms with Crippen LogP contribution in [0.4, 0.5) is 0 Å². The molecule has 22 heavy (non-hydrogen) atoms. The van der Waals surface area contributed by atoms with E-state index in [1.165, 1.54) is 11.8 Å². The average molecular weight is 319 g/mol. The number of rotatable bonds is 7. The van der Waals surface area contributed by atoms with E-state index in [2.05, 4.69) is 20.5 Å². The van der Waals surface area contributed by atoms with Gasteiger partial charge < -0.3 is 9.88 Å². The van der Waals surface area contributed by atoms with Crippen LogP contribution in [0, 0.1) is 0 Å². The Morgan fingerprint density at radius 1 is 1.32 bits per heavy atom. The fourth-order valence-electron chi connectivity index (χ4n) is 1.98. The van der Waals surface area contributed by atoms with E-state index in [1.807, 2.05) is 37.5 Å². The van der Waals surface area contributed by atoms with Crippen molar-refractivity contribution in [3.63, 3.8) is 0 Å². The zero-order chi connectivity index (χ0) is 15.9. The van der Waals surface area contributed by atoms with Crippen LogP contribution >= 0.6 is 11.8 Å². The molecule has 0 aliphatic carbocycles. The summed E-state index contributed by atoms with van der Waals surface area (Å²) >= 11 is 1.43. The van der Waals surface area contributed by atoms with E-state index in [1.54, 1.807) is 12.4 Å². The molecule has 118 valence electrons. The SMILES string of the molecule is CCCNC(=O)[C@@H](C)Sc1nnc(-c2ccncc2)n1CC. The van der Waals surface area contributed by atoms with E-state index < -0.39 is 0 Å². The summed E-state index contributed by atoms with van der Waals surface area (Å²) < 4.78 is 2.02. The van der Waals surface area contributed by atoms with Gasteiger partial charge in [-0.1, -0.05) is 18.7 Å². The minimum atomic E-state index is -0.202. The largest absolute Gasteiger partial charge is 0.355 e. The first kappa shape index (κ1) is 16.5. The Balaban J connectivity index is 2.16. The van der Waals surface area contributed by atoms with Crippen molar-refractivity contribution in [1.29, 1.82) is 0 Å². The van der Waals surface area contributed by atoms with Crippen molar-refractivity contribution in [2.75, 3.05) is 6.54 Å². The third-order valence-corrected chi connectivity index (χ3v) is 4.25. The van der Waals surface area contributed by atoms with Crippen molar-refractivity contribution in [2.24, 2.45) is 0 Å². The summed E-state index contributed by atoms with van der Waals surface area (Å²) in [5.74, 6) is 0.830. The maximum Gasteiger partial charge on any atom is 0.233 e.